The first kappa shape index (κ1) is 10.9. The topological polar surface area (TPSA) is 86.2 Å². The third kappa shape index (κ3) is 2.00. The van der Waals surface area contributed by atoms with Crippen molar-refractivity contribution in [2.45, 2.75) is 6.92 Å². The first-order valence-electron chi connectivity index (χ1n) is 3.68. The van der Waals surface area contributed by atoms with E-state index in [0.29, 0.717) is 3.57 Å². The number of Topliss-reactive ketones (excluding diaryl/α,β-unsaturated/α-hetero) is 1. The number of nitrogens with zero attached hydrogens (tertiary/aromatic N) is 1. The normalized spacial score (nSPS) is 9.86. The van der Waals surface area contributed by atoms with Crippen LogP contribution in [0.5, 0.6) is 0 Å². The first-order chi connectivity index (χ1) is 6.43. The predicted octanol–water partition coefficient (Wildman–Crippen LogP) is 1.98. The Labute approximate surface area is 93.6 Å². The minimum Gasteiger partial charge on any atom is -0.398 e. The number of hydrogen-bond donors (Lipinski definition) is 1. The number of rotatable bonds is 2. The summed E-state index contributed by atoms with van der Waals surface area (Å²) in [5, 5.41) is 10.6. The number of nitro benzene ring substituents is 1. The number of nitrogen functional groups attached to an aromatic ring is 1. The third-order valence-electron chi connectivity index (χ3n) is 1.64. The van der Waals surface area contributed by atoms with Gasteiger partial charge in [-0.05, 0) is 35.6 Å². The summed E-state index contributed by atoms with van der Waals surface area (Å²) < 4.78 is 0.502. The van der Waals surface area contributed by atoms with Gasteiger partial charge in [-0.1, -0.05) is 0 Å². The number of carbonyl (C=O) groups excluding carboxylic acids is 1. The fraction of sp³-hybridized carbons (Fsp3) is 0.125. The minimum atomic E-state index is -0.602. The van der Waals surface area contributed by atoms with E-state index in [4.69, 9.17) is 5.73 Å². The average molecular weight is 306 g/mol. The van der Waals surface area contributed by atoms with Crippen molar-refractivity contribution >= 4 is 39.7 Å². The Bertz CT molecular complexity index is 417. The lowest BCUT2D eigenvalue weighted by Gasteiger charge is -2.03. The lowest BCUT2D eigenvalue weighted by atomic mass is 10.1. The largest absolute Gasteiger partial charge is 0.398 e. The molecule has 0 fully saturated rings. The molecule has 14 heavy (non-hydrogen) atoms. The second-order valence-electron chi connectivity index (χ2n) is 2.71. The molecule has 1 aromatic rings. The summed E-state index contributed by atoms with van der Waals surface area (Å²) in [5.74, 6) is -0.332. The third-order valence-corrected chi connectivity index (χ3v) is 2.49. The molecule has 74 valence electrons. The summed E-state index contributed by atoms with van der Waals surface area (Å²) in [7, 11) is 0. The van der Waals surface area contributed by atoms with E-state index in [0.717, 1.165) is 0 Å². The van der Waals surface area contributed by atoms with Gasteiger partial charge in [0.15, 0.2) is 5.78 Å². The summed E-state index contributed by atoms with van der Waals surface area (Å²) in [4.78, 5) is 21.2. The summed E-state index contributed by atoms with van der Waals surface area (Å²) in [6.45, 7) is 1.29. The van der Waals surface area contributed by atoms with Crippen molar-refractivity contribution in [1.82, 2.24) is 0 Å². The van der Waals surface area contributed by atoms with Crippen LogP contribution < -0.4 is 5.73 Å². The molecule has 0 bridgehead atoms. The van der Waals surface area contributed by atoms with Crippen LogP contribution in [0.1, 0.15) is 17.3 Å². The van der Waals surface area contributed by atoms with Crippen LogP contribution in [0.25, 0.3) is 0 Å². The average Bonchev–Trinajstić information content (AvgIpc) is 2.01. The van der Waals surface area contributed by atoms with Gasteiger partial charge >= 0.3 is 0 Å². The highest BCUT2D eigenvalue weighted by atomic mass is 127. The fourth-order valence-corrected chi connectivity index (χ4v) is 2.12. The summed E-state index contributed by atoms with van der Waals surface area (Å²) in [5.41, 5.74) is 5.61. The van der Waals surface area contributed by atoms with E-state index in [-0.39, 0.29) is 22.7 Å². The van der Waals surface area contributed by atoms with E-state index in [1.165, 1.54) is 19.1 Å². The Morgan fingerprint density at radius 2 is 2.14 bits per heavy atom. The second-order valence-corrected chi connectivity index (χ2v) is 3.87. The van der Waals surface area contributed by atoms with Crippen molar-refractivity contribution in [3.05, 3.63) is 31.4 Å². The van der Waals surface area contributed by atoms with E-state index in [1.54, 1.807) is 0 Å². The number of anilines is 1. The molecule has 0 radical (unpaired) electrons. The zero-order valence-electron chi connectivity index (χ0n) is 7.28. The van der Waals surface area contributed by atoms with Crippen molar-refractivity contribution in [3.63, 3.8) is 0 Å². The zero-order chi connectivity index (χ0) is 10.9. The molecule has 0 aromatic heterocycles. The molecule has 0 aliphatic rings. The Morgan fingerprint density at radius 1 is 1.57 bits per heavy atom. The van der Waals surface area contributed by atoms with E-state index in [2.05, 4.69) is 0 Å². The summed E-state index contributed by atoms with van der Waals surface area (Å²) >= 11 is 1.85. The number of nitrogens with two attached hydrogens (primary N) is 1. The molecule has 5 nitrogen and oxygen atoms in total. The highest BCUT2D eigenvalue weighted by molar-refractivity contribution is 14.1. The highest BCUT2D eigenvalue weighted by Gasteiger charge is 2.21. The van der Waals surface area contributed by atoms with Gasteiger partial charge in [0, 0.05) is 15.3 Å². The van der Waals surface area contributed by atoms with Gasteiger partial charge in [0.25, 0.3) is 5.69 Å². The molecule has 0 aliphatic carbocycles. The number of hydrogen-bond acceptors (Lipinski definition) is 4. The summed E-state index contributed by atoms with van der Waals surface area (Å²) in [6.07, 6.45) is 0. The van der Waals surface area contributed by atoms with Crippen LogP contribution in [0.15, 0.2) is 12.1 Å². The van der Waals surface area contributed by atoms with Gasteiger partial charge < -0.3 is 5.73 Å². The van der Waals surface area contributed by atoms with Gasteiger partial charge in [-0.15, -0.1) is 0 Å². The van der Waals surface area contributed by atoms with Crippen LogP contribution in [-0.2, 0) is 0 Å². The molecule has 0 spiro atoms. The number of halogens is 1. The van der Waals surface area contributed by atoms with Crippen molar-refractivity contribution in [1.29, 1.82) is 0 Å². The number of benzene rings is 1. The Kier molecular flexibility index (Phi) is 3.04. The molecule has 0 heterocycles. The van der Waals surface area contributed by atoms with Crippen LogP contribution >= 0.6 is 22.6 Å². The molecule has 1 rings (SSSR count). The molecule has 0 unspecified atom stereocenters. The molecule has 1 aromatic carbocycles. The number of nitro groups is 1. The fourth-order valence-electron chi connectivity index (χ4n) is 1.11. The molecule has 6 heteroatoms. The van der Waals surface area contributed by atoms with Crippen LogP contribution in [-0.4, -0.2) is 10.7 Å². The smallest absolute Gasteiger partial charge is 0.283 e. The van der Waals surface area contributed by atoms with Gasteiger partial charge in [0.2, 0.25) is 0 Å². The lowest BCUT2D eigenvalue weighted by Crippen LogP contribution is -2.04. The van der Waals surface area contributed by atoms with Gasteiger partial charge in [0.05, 0.1) is 4.92 Å². The molecule has 0 saturated heterocycles. The Balaban J connectivity index is 3.52. The molecular formula is C8H7IN2O3. The first-order valence-corrected chi connectivity index (χ1v) is 4.75. The van der Waals surface area contributed by atoms with E-state index in [9.17, 15) is 14.9 Å². The van der Waals surface area contributed by atoms with E-state index in [1.807, 2.05) is 22.6 Å². The molecular weight excluding hydrogens is 299 g/mol. The zero-order valence-corrected chi connectivity index (χ0v) is 9.44. The van der Waals surface area contributed by atoms with Crippen molar-refractivity contribution in [2.24, 2.45) is 0 Å². The van der Waals surface area contributed by atoms with Crippen molar-refractivity contribution in [3.8, 4) is 0 Å². The molecule has 0 amide bonds. The quantitative estimate of drug-likeness (QED) is 0.298. The van der Waals surface area contributed by atoms with Gasteiger partial charge in [-0.25, -0.2) is 0 Å². The Hall–Kier alpha value is -1.18. The minimum absolute atomic E-state index is 0.116. The monoisotopic (exact) mass is 306 g/mol. The number of carbonyl (C=O) groups is 1. The molecule has 2 N–H and O–H groups in total. The highest BCUT2D eigenvalue weighted by Crippen LogP contribution is 2.27. The standard InChI is InChI=1S/C8H7IN2O3/c1-4(12)8-6(9)2-5(10)3-7(8)11(13)14/h2-3H,10H2,1H3. The van der Waals surface area contributed by atoms with Crippen molar-refractivity contribution in [2.75, 3.05) is 5.73 Å². The maximum absolute atomic E-state index is 11.2. The maximum atomic E-state index is 11.2. The van der Waals surface area contributed by atoms with E-state index >= 15 is 0 Å². The lowest BCUT2D eigenvalue weighted by molar-refractivity contribution is -0.385. The van der Waals surface area contributed by atoms with E-state index < -0.39 is 4.92 Å². The molecule has 0 atom stereocenters. The van der Waals surface area contributed by atoms with Crippen molar-refractivity contribution < 1.29 is 9.72 Å². The van der Waals surface area contributed by atoms with Gasteiger partial charge in [-0.3, -0.25) is 14.9 Å². The van der Waals surface area contributed by atoms with Gasteiger partial charge in [0.1, 0.15) is 5.56 Å². The molecule has 0 saturated carbocycles. The Morgan fingerprint density at radius 3 is 2.57 bits per heavy atom. The van der Waals surface area contributed by atoms with Crippen LogP contribution in [0.3, 0.4) is 0 Å². The summed E-state index contributed by atoms with van der Waals surface area (Å²) in [6, 6.07) is 2.73. The number of ketones is 1. The van der Waals surface area contributed by atoms with Crippen LogP contribution in [0.2, 0.25) is 0 Å². The predicted molar refractivity (Wildman–Crippen MR) is 60.2 cm³/mol. The van der Waals surface area contributed by atoms with Crippen LogP contribution in [0.4, 0.5) is 11.4 Å². The SMILES string of the molecule is CC(=O)c1c(I)cc(N)cc1[N+](=O)[O-]. The second kappa shape index (κ2) is 3.91. The maximum Gasteiger partial charge on any atom is 0.283 e. The molecule has 0 aliphatic heterocycles. The van der Waals surface area contributed by atoms with Gasteiger partial charge in [-0.2, -0.15) is 0 Å². The van der Waals surface area contributed by atoms with Crippen LogP contribution in [0, 0.1) is 13.7 Å².